The highest BCUT2D eigenvalue weighted by Crippen LogP contribution is 2.41. The van der Waals surface area contributed by atoms with Gasteiger partial charge in [-0.25, -0.2) is 0 Å². The van der Waals surface area contributed by atoms with Crippen LogP contribution in [0.4, 0.5) is 0 Å². The van der Waals surface area contributed by atoms with Gasteiger partial charge in [0.2, 0.25) is 0 Å². The Bertz CT molecular complexity index is 415. The molecule has 1 aliphatic carbocycles. The average Bonchev–Trinajstić information content (AvgIpc) is 2.53. The van der Waals surface area contributed by atoms with Gasteiger partial charge in [0.25, 0.3) is 0 Å². The van der Waals surface area contributed by atoms with Gasteiger partial charge in [-0.3, -0.25) is 0 Å². The van der Waals surface area contributed by atoms with Gasteiger partial charge in [-0.2, -0.15) is 0 Å². The van der Waals surface area contributed by atoms with Gasteiger partial charge < -0.3 is 5.32 Å². The maximum absolute atomic E-state index is 3.90. The van der Waals surface area contributed by atoms with Gasteiger partial charge in [-0.05, 0) is 55.1 Å². The summed E-state index contributed by atoms with van der Waals surface area (Å²) in [5, 5.41) is 3.90. The molecule has 2 aliphatic rings. The Balaban J connectivity index is 1.84. The van der Waals surface area contributed by atoms with Crippen molar-refractivity contribution in [3.63, 3.8) is 0 Å². The van der Waals surface area contributed by atoms with Crippen molar-refractivity contribution >= 4 is 0 Å². The van der Waals surface area contributed by atoms with Crippen molar-refractivity contribution in [1.29, 1.82) is 0 Å². The molecule has 1 heterocycles. The summed E-state index contributed by atoms with van der Waals surface area (Å²) in [5.41, 5.74) is 3.51. The predicted octanol–water partition coefficient (Wildman–Crippen LogP) is 4.23. The summed E-state index contributed by atoms with van der Waals surface area (Å²) in [6.45, 7) is 5.88. The molecule has 1 saturated carbocycles. The second-order valence-electron chi connectivity index (χ2n) is 6.62. The monoisotopic (exact) mass is 243 g/mol. The van der Waals surface area contributed by atoms with E-state index in [0.717, 1.165) is 12.5 Å². The third-order valence-electron chi connectivity index (χ3n) is 5.17. The minimum atomic E-state index is 0.422. The fourth-order valence-electron chi connectivity index (χ4n) is 3.92. The third kappa shape index (κ3) is 2.21. The number of hydrogen-bond donors (Lipinski definition) is 1. The zero-order valence-electron chi connectivity index (χ0n) is 11.7. The van der Waals surface area contributed by atoms with Crippen LogP contribution < -0.4 is 5.32 Å². The molecule has 98 valence electrons. The molecule has 0 unspecified atom stereocenters. The zero-order chi connectivity index (χ0) is 12.6. The molecule has 3 rings (SSSR count). The lowest BCUT2D eigenvalue weighted by Gasteiger charge is -2.40. The molecule has 1 aliphatic heterocycles. The summed E-state index contributed by atoms with van der Waals surface area (Å²) >= 11 is 0. The summed E-state index contributed by atoms with van der Waals surface area (Å²) in [5.74, 6) is 1.63. The van der Waals surface area contributed by atoms with E-state index in [1.54, 1.807) is 5.56 Å². The van der Waals surface area contributed by atoms with Crippen LogP contribution in [0.1, 0.15) is 63.0 Å². The first-order valence-electron chi connectivity index (χ1n) is 7.51. The Labute approximate surface area is 111 Å². The van der Waals surface area contributed by atoms with Crippen molar-refractivity contribution in [2.75, 3.05) is 0 Å². The highest BCUT2D eigenvalue weighted by atomic mass is 15.0. The van der Waals surface area contributed by atoms with Crippen LogP contribution in [-0.4, -0.2) is 5.54 Å². The Morgan fingerprint density at radius 3 is 2.61 bits per heavy atom. The molecule has 1 heteroatoms. The van der Waals surface area contributed by atoms with Crippen molar-refractivity contribution in [2.45, 2.75) is 64.0 Å². The largest absolute Gasteiger partial charge is 0.307 e. The molecular weight excluding hydrogens is 218 g/mol. The number of hydrogen-bond acceptors (Lipinski definition) is 1. The average molecular weight is 243 g/mol. The topological polar surface area (TPSA) is 12.0 Å². The lowest BCUT2D eigenvalue weighted by atomic mass is 9.72. The maximum atomic E-state index is 3.90. The molecule has 0 bridgehead atoms. The Morgan fingerprint density at radius 1 is 1.11 bits per heavy atom. The molecule has 0 saturated heterocycles. The first-order valence-corrected chi connectivity index (χ1v) is 7.51. The van der Waals surface area contributed by atoms with E-state index in [1.165, 1.54) is 37.7 Å². The quantitative estimate of drug-likeness (QED) is 0.719. The normalized spacial score (nSPS) is 36.1. The van der Waals surface area contributed by atoms with Gasteiger partial charge >= 0.3 is 0 Å². The van der Waals surface area contributed by atoms with Gasteiger partial charge in [0.15, 0.2) is 0 Å². The molecule has 1 spiro atoms. The Hall–Kier alpha value is -0.820. The summed E-state index contributed by atoms with van der Waals surface area (Å²) in [4.78, 5) is 0. The molecule has 1 atom stereocenters. The van der Waals surface area contributed by atoms with Gasteiger partial charge in [-0.15, -0.1) is 0 Å². The van der Waals surface area contributed by atoms with Crippen molar-refractivity contribution < 1.29 is 0 Å². The van der Waals surface area contributed by atoms with Crippen molar-refractivity contribution in [3.05, 3.63) is 35.4 Å². The maximum Gasteiger partial charge on any atom is 0.0213 e. The fourth-order valence-corrected chi connectivity index (χ4v) is 3.92. The Kier molecular flexibility index (Phi) is 3.19. The van der Waals surface area contributed by atoms with E-state index in [0.29, 0.717) is 11.5 Å². The second kappa shape index (κ2) is 4.70. The highest BCUT2D eigenvalue weighted by molar-refractivity contribution is 5.32. The molecule has 1 nitrogen and oxygen atoms in total. The van der Waals surface area contributed by atoms with E-state index in [1.807, 2.05) is 0 Å². The van der Waals surface area contributed by atoms with Crippen molar-refractivity contribution in [3.8, 4) is 0 Å². The molecule has 1 aromatic carbocycles. The molecule has 18 heavy (non-hydrogen) atoms. The molecule has 0 amide bonds. The van der Waals surface area contributed by atoms with Crippen LogP contribution in [-0.2, 0) is 6.54 Å². The first-order chi connectivity index (χ1) is 8.69. The van der Waals surface area contributed by atoms with E-state index in [2.05, 4.69) is 43.4 Å². The summed E-state index contributed by atoms with van der Waals surface area (Å²) in [6.07, 6.45) is 6.85. The molecule has 0 aromatic heterocycles. The van der Waals surface area contributed by atoms with Crippen LogP contribution in [0.3, 0.4) is 0 Å². The predicted molar refractivity (Wildman–Crippen MR) is 76.7 cm³/mol. The standard InChI is InChI=1S/C17H25N/c1-13-7-9-17(10-8-13)11-14(2)16-6-4-3-5-15(16)12-18-17/h3-6,13-14,18H,7-12H2,1-2H3/t13?,14-,17?/m1/s1. The molecular formula is C17H25N. The van der Waals surface area contributed by atoms with E-state index < -0.39 is 0 Å². The van der Waals surface area contributed by atoms with Crippen LogP contribution in [0.5, 0.6) is 0 Å². The van der Waals surface area contributed by atoms with Crippen LogP contribution in [0.2, 0.25) is 0 Å². The van der Waals surface area contributed by atoms with Crippen LogP contribution in [0, 0.1) is 5.92 Å². The lowest BCUT2D eigenvalue weighted by Crippen LogP contribution is -2.47. The third-order valence-corrected chi connectivity index (χ3v) is 5.17. The molecule has 0 radical (unpaired) electrons. The van der Waals surface area contributed by atoms with Gasteiger partial charge in [-0.1, -0.05) is 38.1 Å². The van der Waals surface area contributed by atoms with Crippen molar-refractivity contribution in [2.24, 2.45) is 5.92 Å². The van der Waals surface area contributed by atoms with E-state index in [-0.39, 0.29) is 0 Å². The highest BCUT2D eigenvalue weighted by Gasteiger charge is 2.37. The van der Waals surface area contributed by atoms with E-state index >= 15 is 0 Å². The number of rotatable bonds is 0. The number of benzene rings is 1. The SMILES string of the molecule is CC1CCC2(CC1)C[C@@H](C)c1ccccc1CN2. The minimum absolute atomic E-state index is 0.422. The van der Waals surface area contributed by atoms with Crippen molar-refractivity contribution in [1.82, 2.24) is 5.32 Å². The van der Waals surface area contributed by atoms with E-state index in [4.69, 9.17) is 0 Å². The lowest BCUT2D eigenvalue weighted by molar-refractivity contribution is 0.178. The first kappa shape index (κ1) is 12.2. The summed E-state index contributed by atoms with van der Waals surface area (Å²) in [7, 11) is 0. The minimum Gasteiger partial charge on any atom is -0.307 e. The van der Waals surface area contributed by atoms with Gasteiger partial charge in [0.1, 0.15) is 0 Å². The Morgan fingerprint density at radius 2 is 1.83 bits per heavy atom. The van der Waals surface area contributed by atoms with Crippen LogP contribution in [0.15, 0.2) is 24.3 Å². The van der Waals surface area contributed by atoms with Gasteiger partial charge in [0.05, 0.1) is 0 Å². The van der Waals surface area contributed by atoms with Crippen LogP contribution in [0.25, 0.3) is 0 Å². The zero-order valence-corrected chi connectivity index (χ0v) is 11.7. The number of nitrogens with one attached hydrogen (secondary N) is 1. The van der Waals surface area contributed by atoms with E-state index in [9.17, 15) is 0 Å². The van der Waals surface area contributed by atoms with Crippen LogP contribution >= 0.6 is 0 Å². The number of fused-ring (bicyclic) bond motifs is 1. The van der Waals surface area contributed by atoms with Gasteiger partial charge in [0, 0.05) is 12.1 Å². The molecule has 1 fully saturated rings. The molecule has 1 aromatic rings. The fraction of sp³-hybridized carbons (Fsp3) is 0.647. The second-order valence-corrected chi connectivity index (χ2v) is 6.62. The summed E-state index contributed by atoms with van der Waals surface area (Å²) < 4.78 is 0. The molecule has 1 N–H and O–H groups in total. The smallest absolute Gasteiger partial charge is 0.0213 e. The summed E-state index contributed by atoms with van der Waals surface area (Å²) in [6, 6.07) is 8.99.